The molecular weight excluding hydrogens is 192 g/mol. The largest absolute Gasteiger partial charge is 0.508 e. The van der Waals surface area contributed by atoms with Crippen molar-refractivity contribution < 1.29 is 9.84 Å². The van der Waals surface area contributed by atoms with Crippen LogP contribution in [-0.4, -0.2) is 22.2 Å². The number of aromatic nitrogens is 2. The van der Waals surface area contributed by atoms with Gasteiger partial charge in [-0.2, -0.15) is 0 Å². The van der Waals surface area contributed by atoms with E-state index in [0.29, 0.717) is 11.6 Å². The summed E-state index contributed by atoms with van der Waals surface area (Å²) in [5.41, 5.74) is 0.776. The number of aromatic hydroxyl groups is 1. The van der Waals surface area contributed by atoms with Crippen LogP contribution in [0.5, 0.6) is 11.5 Å². The van der Waals surface area contributed by atoms with E-state index in [1.165, 1.54) is 0 Å². The number of hydrogen-bond donors (Lipinski definition) is 1. The van der Waals surface area contributed by atoms with E-state index < -0.39 is 0 Å². The van der Waals surface area contributed by atoms with Gasteiger partial charge in [-0.05, 0) is 12.1 Å². The molecule has 0 saturated carbocycles. The molecule has 1 heterocycles. The number of nitrogens with zero attached hydrogens (tertiary/aromatic N) is 2. The van der Waals surface area contributed by atoms with Crippen LogP contribution in [0.4, 0.5) is 0 Å². The molecule has 4 heteroatoms. The molecule has 0 aliphatic carbocycles. The van der Waals surface area contributed by atoms with Gasteiger partial charge < -0.3 is 9.84 Å². The lowest BCUT2D eigenvalue weighted by atomic mass is 10.2. The summed E-state index contributed by atoms with van der Waals surface area (Å²) >= 11 is 0. The minimum atomic E-state index is 0.201. The molecule has 0 amide bonds. The van der Waals surface area contributed by atoms with Crippen molar-refractivity contribution in [3.8, 4) is 22.9 Å². The van der Waals surface area contributed by atoms with Gasteiger partial charge in [-0.15, -0.1) is 0 Å². The summed E-state index contributed by atoms with van der Waals surface area (Å²) in [4.78, 5) is 8.23. The summed E-state index contributed by atoms with van der Waals surface area (Å²) < 4.78 is 4.95. The van der Waals surface area contributed by atoms with E-state index in [1.807, 2.05) is 6.07 Å². The average Bonchev–Trinajstić information content (AvgIpc) is 2.29. The van der Waals surface area contributed by atoms with Crippen LogP contribution in [0.1, 0.15) is 0 Å². The molecule has 76 valence electrons. The summed E-state index contributed by atoms with van der Waals surface area (Å²) in [6, 6.07) is 6.80. The second-order valence-corrected chi connectivity index (χ2v) is 3.00. The Morgan fingerprint density at radius 1 is 1.20 bits per heavy atom. The van der Waals surface area contributed by atoms with Crippen molar-refractivity contribution in [1.29, 1.82) is 0 Å². The SMILES string of the molecule is COc1cnc(-c2cccc(O)c2)nc1. The number of ether oxygens (including phenoxy) is 1. The summed E-state index contributed by atoms with van der Waals surface area (Å²) in [6.45, 7) is 0. The molecule has 1 aromatic carbocycles. The number of methoxy groups -OCH3 is 1. The molecule has 0 aliphatic heterocycles. The quantitative estimate of drug-likeness (QED) is 0.807. The molecule has 0 atom stereocenters. The van der Waals surface area contributed by atoms with Gasteiger partial charge >= 0.3 is 0 Å². The van der Waals surface area contributed by atoms with Crippen molar-refractivity contribution in [1.82, 2.24) is 9.97 Å². The van der Waals surface area contributed by atoms with E-state index in [1.54, 1.807) is 37.7 Å². The van der Waals surface area contributed by atoms with Gasteiger partial charge in [0.15, 0.2) is 11.6 Å². The van der Waals surface area contributed by atoms with Gasteiger partial charge in [0, 0.05) is 5.56 Å². The van der Waals surface area contributed by atoms with Crippen molar-refractivity contribution in [2.24, 2.45) is 0 Å². The van der Waals surface area contributed by atoms with Gasteiger partial charge in [0.1, 0.15) is 5.75 Å². The van der Waals surface area contributed by atoms with Crippen molar-refractivity contribution in [2.45, 2.75) is 0 Å². The van der Waals surface area contributed by atoms with E-state index in [4.69, 9.17) is 4.74 Å². The Morgan fingerprint density at radius 2 is 1.93 bits per heavy atom. The lowest BCUT2D eigenvalue weighted by Crippen LogP contribution is -1.90. The molecule has 0 bridgehead atoms. The first kappa shape index (κ1) is 9.45. The smallest absolute Gasteiger partial charge is 0.159 e. The molecule has 0 radical (unpaired) electrons. The van der Waals surface area contributed by atoms with E-state index in [9.17, 15) is 5.11 Å². The Labute approximate surface area is 87.2 Å². The first-order valence-electron chi connectivity index (χ1n) is 4.45. The molecule has 15 heavy (non-hydrogen) atoms. The summed E-state index contributed by atoms with van der Waals surface area (Å²) in [7, 11) is 1.56. The van der Waals surface area contributed by atoms with E-state index in [0.717, 1.165) is 5.56 Å². The van der Waals surface area contributed by atoms with E-state index >= 15 is 0 Å². The van der Waals surface area contributed by atoms with Gasteiger partial charge in [-0.1, -0.05) is 12.1 Å². The molecule has 1 N–H and O–H groups in total. The fraction of sp³-hybridized carbons (Fsp3) is 0.0909. The van der Waals surface area contributed by atoms with E-state index in [2.05, 4.69) is 9.97 Å². The topological polar surface area (TPSA) is 55.2 Å². The highest BCUT2D eigenvalue weighted by atomic mass is 16.5. The van der Waals surface area contributed by atoms with Crippen LogP contribution >= 0.6 is 0 Å². The van der Waals surface area contributed by atoms with Crippen LogP contribution < -0.4 is 4.74 Å². The van der Waals surface area contributed by atoms with Crippen LogP contribution in [-0.2, 0) is 0 Å². The Bertz CT molecular complexity index is 454. The maximum absolute atomic E-state index is 9.29. The molecule has 0 spiro atoms. The fourth-order valence-electron chi connectivity index (χ4n) is 1.22. The molecule has 0 aliphatic rings. The normalized spacial score (nSPS) is 9.93. The van der Waals surface area contributed by atoms with Crippen molar-refractivity contribution in [3.63, 3.8) is 0 Å². The molecule has 2 rings (SSSR count). The number of benzene rings is 1. The van der Waals surface area contributed by atoms with Crippen LogP contribution in [0.15, 0.2) is 36.7 Å². The van der Waals surface area contributed by atoms with Gasteiger partial charge in [-0.25, -0.2) is 9.97 Å². The highest BCUT2D eigenvalue weighted by Gasteiger charge is 2.01. The lowest BCUT2D eigenvalue weighted by Gasteiger charge is -2.01. The first-order valence-corrected chi connectivity index (χ1v) is 4.45. The monoisotopic (exact) mass is 202 g/mol. The zero-order chi connectivity index (χ0) is 10.7. The fourth-order valence-corrected chi connectivity index (χ4v) is 1.22. The molecule has 0 saturated heterocycles. The predicted octanol–water partition coefficient (Wildman–Crippen LogP) is 1.86. The Kier molecular flexibility index (Phi) is 2.49. The minimum Gasteiger partial charge on any atom is -0.508 e. The standard InChI is InChI=1S/C11H10N2O2/c1-15-10-6-12-11(13-7-10)8-3-2-4-9(14)5-8/h2-7,14H,1H3. The summed E-state index contributed by atoms with van der Waals surface area (Å²) in [5.74, 6) is 1.37. The minimum absolute atomic E-state index is 0.201. The second kappa shape index (κ2) is 3.96. The lowest BCUT2D eigenvalue weighted by molar-refractivity contribution is 0.411. The third-order valence-corrected chi connectivity index (χ3v) is 1.97. The van der Waals surface area contributed by atoms with Crippen LogP contribution in [0, 0.1) is 0 Å². The number of phenols is 1. The molecule has 0 unspecified atom stereocenters. The van der Waals surface area contributed by atoms with Crippen molar-refractivity contribution >= 4 is 0 Å². The van der Waals surface area contributed by atoms with Gasteiger partial charge in [0.2, 0.25) is 0 Å². The maximum atomic E-state index is 9.29. The number of hydrogen-bond acceptors (Lipinski definition) is 4. The molecule has 2 aromatic rings. The predicted molar refractivity (Wildman–Crippen MR) is 55.7 cm³/mol. The molecule has 1 aromatic heterocycles. The Morgan fingerprint density at radius 3 is 2.53 bits per heavy atom. The maximum Gasteiger partial charge on any atom is 0.159 e. The van der Waals surface area contributed by atoms with Crippen molar-refractivity contribution in [3.05, 3.63) is 36.7 Å². The third-order valence-electron chi connectivity index (χ3n) is 1.97. The van der Waals surface area contributed by atoms with Gasteiger partial charge in [-0.3, -0.25) is 0 Å². The van der Waals surface area contributed by atoms with Crippen molar-refractivity contribution in [2.75, 3.05) is 7.11 Å². The summed E-state index contributed by atoms with van der Waals surface area (Å²) in [6.07, 6.45) is 3.18. The molecular formula is C11H10N2O2. The zero-order valence-corrected chi connectivity index (χ0v) is 8.21. The third kappa shape index (κ3) is 2.04. The molecule has 0 fully saturated rings. The van der Waals surface area contributed by atoms with Gasteiger partial charge in [0.25, 0.3) is 0 Å². The van der Waals surface area contributed by atoms with Crippen LogP contribution in [0.3, 0.4) is 0 Å². The Balaban J connectivity index is 2.37. The summed E-state index contributed by atoms with van der Waals surface area (Å²) in [5, 5.41) is 9.29. The number of phenolic OH excluding ortho intramolecular Hbond substituents is 1. The van der Waals surface area contributed by atoms with Crippen LogP contribution in [0.2, 0.25) is 0 Å². The number of rotatable bonds is 2. The Hall–Kier alpha value is -2.10. The first-order chi connectivity index (χ1) is 7.29. The van der Waals surface area contributed by atoms with E-state index in [-0.39, 0.29) is 5.75 Å². The molecule has 4 nitrogen and oxygen atoms in total. The zero-order valence-electron chi connectivity index (χ0n) is 8.21. The highest BCUT2D eigenvalue weighted by Crippen LogP contribution is 2.20. The average molecular weight is 202 g/mol. The van der Waals surface area contributed by atoms with Gasteiger partial charge in [0.05, 0.1) is 19.5 Å². The van der Waals surface area contributed by atoms with Crippen LogP contribution in [0.25, 0.3) is 11.4 Å². The highest BCUT2D eigenvalue weighted by molar-refractivity contribution is 5.57. The second-order valence-electron chi connectivity index (χ2n) is 3.00.